The van der Waals surface area contributed by atoms with Crippen LogP contribution in [0.15, 0.2) is 48.7 Å². The molecule has 8 nitrogen and oxygen atoms in total. The van der Waals surface area contributed by atoms with Crippen molar-refractivity contribution < 1.29 is 14.4 Å². The van der Waals surface area contributed by atoms with Crippen LogP contribution in [0.25, 0.3) is 10.7 Å². The van der Waals surface area contributed by atoms with Crippen LogP contribution in [-0.4, -0.2) is 43.8 Å². The van der Waals surface area contributed by atoms with Gasteiger partial charge in [-0.15, -0.1) is 10.2 Å². The number of carbonyl (C=O) groups excluding carboxylic acids is 3. The fraction of sp³-hybridized carbons (Fsp3) is 0.111. The Morgan fingerprint density at radius 3 is 2.33 bits per heavy atom. The molecule has 0 saturated heterocycles. The van der Waals surface area contributed by atoms with Crippen LogP contribution >= 0.6 is 11.3 Å². The van der Waals surface area contributed by atoms with E-state index >= 15 is 0 Å². The third-order valence-electron chi connectivity index (χ3n) is 4.13. The lowest BCUT2D eigenvalue weighted by Gasteiger charge is -2.20. The lowest BCUT2D eigenvalue weighted by Crippen LogP contribution is -2.45. The summed E-state index contributed by atoms with van der Waals surface area (Å²) in [5.41, 5.74) is 1.25. The smallest absolute Gasteiger partial charge is 0.262 e. The molecule has 0 radical (unpaired) electrons. The van der Waals surface area contributed by atoms with E-state index in [2.05, 4.69) is 20.5 Å². The number of benzene rings is 1. The summed E-state index contributed by atoms with van der Waals surface area (Å²) >= 11 is 1.16. The third-order valence-corrected chi connectivity index (χ3v) is 4.99. The number of aromatic nitrogens is 3. The van der Waals surface area contributed by atoms with E-state index in [1.54, 1.807) is 42.6 Å². The van der Waals surface area contributed by atoms with Crippen LogP contribution < -0.4 is 5.32 Å². The highest BCUT2D eigenvalue weighted by molar-refractivity contribution is 7.18. The number of hydrogen-bond donors (Lipinski definition) is 1. The van der Waals surface area contributed by atoms with E-state index in [0.29, 0.717) is 21.8 Å². The Bertz CT molecular complexity index is 1010. The van der Waals surface area contributed by atoms with Crippen molar-refractivity contribution in [2.75, 3.05) is 5.32 Å². The number of amides is 3. The van der Waals surface area contributed by atoms with E-state index in [9.17, 15) is 14.4 Å². The summed E-state index contributed by atoms with van der Waals surface area (Å²) in [6.45, 7) is 1.50. The monoisotopic (exact) mass is 379 g/mol. The van der Waals surface area contributed by atoms with Crippen LogP contribution in [0.5, 0.6) is 0 Å². The number of nitrogens with zero attached hydrogens (tertiary/aromatic N) is 4. The second kappa shape index (κ2) is 6.69. The molecule has 3 aromatic rings. The molecular formula is C18H13N5O3S. The first-order valence-electron chi connectivity index (χ1n) is 8.09. The Kier molecular flexibility index (Phi) is 4.21. The zero-order chi connectivity index (χ0) is 19.0. The fourth-order valence-electron chi connectivity index (χ4n) is 2.75. The van der Waals surface area contributed by atoms with Crippen LogP contribution in [0.2, 0.25) is 0 Å². The van der Waals surface area contributed by atoms with Crippen LogP contribution in [0.1, 0.15) is 27.6 Å². The quantitative estimate of drug-likeness (QED) is 0.697. The van der Waals surface area contributed by atoms with Gasteiger partial charge in [0.05, 0.1) is 11.1 Å². The van der Waals surface area contributed by atoms with Crippen LogP contribution in [0.4, 0.5) is 5.13 Å². The number of anilines is 1. The highest BCUT2D eigenvalue weighted by atomic mass is 32.1. The van der Waals surface area contributed by atoms with Gasteiger partial charge in [-0.25, -0.2) is 0 Å². The van der Waals surface area contributed by atoms with Crippen LogP contribution in [0.3, 0.4) is 0 Å². The van der Waals surface area contributed by atoms with Gasteiger partial charge in [0.15, 0.2) is 5.01 Å². The van der Waals surface area contributed by atoms with Gasteiger partial charge in [-0.1, -0.05) is 29.5 Å². The minimum Gasteiger partial charge on any atom is -0.299 e. The normalized spacial score (nSPS) is 14.2. The topological polar surface area (TPSA) is 105 Å². The number of pyridine rings is 1. The maximum atomic E-state index is 12.6. The average Bonchev–Trinajstić information content (AvgIpc) is 3.26. The molecule has 0 fully saturated rings. The zero-order valence-electron chi connectivity index (χ0n) is 14.1. The summed E-state index contributed by atoms with van der Waals surface area (Å²) in [4.78, 5) is 42.7. The molecule has 3 heterocycles. The average molecular weight is 379 g/mol. The minimum atomic E-state index is -0.986. The first-order chi connectivity index (χ1) is 13.1. The molecular weight excluding hydrogens is 366 g/mol. The van der Waals surface area contributed by atoms with Crippen molar-refractivity contribution in [2.45, 2.75) is 13.0 Å². The summed E-state index contributed by atoms with van der Waals surface area (Å²) in [5.74, 6) is -1.48. The molecule has 0 aliphatic carbocycles. The highest BCUT2D eigenvalue weighted by Gasteiger charge is 2.40. The number of carbonyl (C=O) groups is 3. The number of imide groups is 1. The molecule has 1 aliphatic heterocycles. The predicted octanol–water partition coefficient (Wildman–Crippen LogP) is 2.22. The largest absolute Gasteiger partial charge is 0.299 e. The lowest BCUT2D eigenvalue weighted by atomic mass is 10.1. The Balaban J connectivity index is 1.50. The van der Waals surface area contributed by atoms with Gasteiger partial charge in [-0.05, 0) is 31.2 Å². The summed E-state index contributed by atoms with van der Waals surface area (Å²) in [6, 6.07) is 10.9. The second-order valence-electron chi connectivity index (χ2n) is 5.82. The lowest BCUT2D eigenvalue weighted by molar-refractivity contribution is -0.119. The molecule has 1 aliphatic rings. The molecule has 3 amide bonds. The maximum absolute atomic E-state index is 12.6. The molecule has 1 unspecified atom stereocenters. The van der Waals surface area contributed by atoms with Crippen molar-refractivity contribution in [1.29, 1.82) is 0 Å². The van der Waals surface area contributed by atoms with Gasteiger partial charge >= 0.3 is 0 Å². The summed E-state index contributed by atoms with van der Waals surface area (Å²) in [6.07, 6.45) is 1.64. The van der Waals surface area contributed by atoms with Crippen molar-refractivity contribution in [1.82, 2.24) is 20.1 Å². The predicted molar refractivity (Wildman–Crippen MR) is 98.2 cm³/mol. The first-order valence-corrected chi connectivity index (χ1v) is 8.90. The molecule has 0 spiro atoms. The molecule has 4 rings (SSSR count). The molecule has 1 atom stereocenters. The molecule has 1 aromatic carbocycles. The molecule has 0 saturated carbocycles. The molecule has 1 N–H and O–H groups in total. The summed E-state index contributed by atoms with van der Waals surface area (Å²) in [5, 5.41) is 11.4. The Hall–Kier alpha value is -3.46. The van der Waals surface area contributed by atoms with Crippen molar-refractivity contribution in [3.05, 3.63) is 59.8 Å². The molecule has 9 heteroatoms. The first kappa shape index (κ1) is 17.0. The maximum Gasteiger partial charge on any atom is 0.262 e. The van der Waals surface area contributed by atoms with E-state index in [0.717, 1.165) is 16.2 Å². The number of hydrogen-bond acceptors (Lipinski definition) is 7. The highest BCUT2D eigenvalue weighted by Crippen LogP contribution is 2.27. The fourth-order valence-corrected chi connectivity index (χ4v) is 3.48. The number of nitrogens with one attached hydrogen (secondary N) is 1. The SMILES string of the molecule is CC(C(=O)Nc1nnc(-c2ccccn2)s1)N1C(=O)c2ccccc2C1=O. The molecule has 134 valence electrons. The van der Waals surface area contributed by atoms with Crippen molar-refractivity contribution in [3.63, 3.8) is 0 Å². The third kappa shape index (κ3) is 2.97. The van der Waals surface area contributed by atoms with E-state index in [1.165, 1.54) is 6.92 Å². The van der Waals surface area contributed by atoms with Crippen molar-refractivity contribution >= 4 is 34.2 Å². The van der Waals surface area contributed by atoms with Crippen LogP contribution in [0, 0.1) is 0 Å². The Morgan fingerprint density at radius 2 is 1.70 bits per heavy atom. The van der Waals surface area contributed by atoms with Gasteiger partial charge in [0, 0.05) is 6.20 Å². The molecule has 0 bridgehead atoms. The summed E-state index contributed by atoms with van der Waals surface area (Å²) in [7, 11) is 0. The van der Waals surface area contributed by atoms with E-state index < -0.39 is 23.8 Å². The van der Waals surface area contributed by atoms with E-state index in [4.69, 9.17) is 0 Å². The van der Waals surface area contributed by atoms with Gasteiger partial charge in [0.1, 0.15) is 11.7 Å². The van der Waals surface area contributed by atoms with Gasteiger partial charge in [0.2, 0.25) is 11.0 Å². The van der Waals surface area contributed by atoms with E-state index in [-0.39, 0.29) is 5.13 Å². The number of fused-ring (bicyclic) bond motifs is 1. The second-order valence-corrected chi connectivity index (χ2v) is 6.80. The van der Waals surface area contributed by atoms with Crippen molar-refractivity contribution in [3.8, 4) is 10.7 Å². The van der Waals surface area contributed by atoms with Crippen LogP contribution in [-0.2, 0) is 4.79 Å². The Labute approximate surface area is 157 Å². The Morgan fingerprint density at radius 1 is 1.04 bits per heavy atom. The number of rotatable bonds is 4. The van der Waals surface area contributed by atoms with E-state index in [1.807, 2.05) is 6.07 Å². The van der Waals surface area contributed by atoms with Gasteiger partial charge in [-0.2, -0.15) is 0 Å². The standard InChI is InChI=1S/C18H13N5O3S/c1-10(23-16(25)11-6-2-3-7-12(11)17(23)26)14(24)20-18-22-21-15(27-18)13-8-4-5-9-19-13/h2-10H,1H3,(H,20,22,24). The van der Waals surface area contributed by atoms with Gasteiger partial charge in [-0.3, -0.25) is 29.6 Å². The zero-order valence-corrected chi connectivity index (χ0v) is 14.9. The molecule has 27 heavy (non-hydrogen) atoms. The molecule has 2 aromatic heterocycles. The minimum absolute atomic E-state index is 0.268. The van der Waals surface area contributed by atoms with Gasteiger partial charge in [0.25, 0.3) is 11.8 Å². The van der Waals surface area contributed by atoms with Crippen molar-refractivity contribution in [2.24, 2.45) is 0 Å². The summed E-state index contributed by atoms with van der Waals surface area (Å²) < 4.78 is 0. The van der Waals surface area contributed by atoms with Gasteiger partial charge < -0.3 is 0 Å².